The van der Waals surface area contributed by atoms with Crippen molar-refractivity contribution in [3.8, 4) is 0 Å². The second-order valence-electron chi connectivity index (χ2n) is 6.80. The van der Waals surface area contributed by atoms with Gasteiger partial charge in [-0.1, -0.05) is 66.7 Å². The van der Waals surface area contributed by atoms with Crippen LogP contribution in [0.3, 0.4) is 0 Å². The van der Waals surface area contributed by atoms with Crippen molar-refractivity contribution in [2.75, 3.05) is 11.9 Å². The van der Waals surface area contributed by atoms with E-state index >= 15 is 0 Å². The van der Waals surface area contributed by atoms with E-state index in [0.717, 1.165) is 5.56 Å². The second-order valence-corrected chi connectivity index (χ2v) is 6.80. The van der Waals surface area contributed by atoms with E-state index in [0.29, 0.717) is 11.1 Å². The van der Waals surface area contributed by atoms with Crippen LogP contribution in [0, 0.1) is 0 Å². The van der Waals surface area contributed by atoms with Gasteiger partial charge in [0.2, 0.25) is 0 Å². The molecule has 3 aromatic rings. The van der Waals surface area contributed by atoms with Crippen molar-refractivity contribution in [2.24, 2.45) is 0 Å². The number of amides is 1. The van der Waals surface area contributed by atoms with Gasteiger partial charge in [-0.05, 0) is 11.6 Å². The minimum Gasteiger partial charge on any atom is -0.455 e. The van der Waals surface area contributed by atoms with Crippen LogP contribution in [0.5, 0.6) is 0 Å². The molecule has 4 rings (SSSR count). The Kier molecular flexibility index (Phi) is 5.22. The molecule has 0 aromatic heterocycles. The van der Waals surface area contributed by atoms with Crippen LogP contribution in [0.1, 0.15) is 37.4 Å². The summed E-state index contributed by atoms with van der Waals surface area (Å²) in [5.41, 5.74) is 2.01. The number of hydrogen-bond donors (Lipinski definition) is 1. The molecular weight excluding hydrogens is 382 g/mol. The first-order chi connectivity index (χ1) is 14.5. The zero-order valence-electron chi connectivity index (χ0n) is 15.9. The van der Waals surface area contributed by atoms with E-state index in [-0.39, 0.29) is 34.8 Å². The van der Waals surface area contributed by atoms with E-state index in [1.807, 2.05) is 18.2 Å². The number of anilines is 1. The van der Waals surface area contributed by atoms with Gasteiger partial charge in [0, 0.05) is 16.7 Å². The van der Waals surface area contributed by atoms with Crippen molar-refractivity contribution in [1.82, 2.24) is 0 Å². The summed E-state index contributed by atoms with van der Waals surface area (Å²) in [6, 6.07) is 20.3. The number of benzene rings is 3. The Hall–Kier alpha value is -4.06. The molecule has 1 aliphatic rings. The summed E-state index contributed by atoms with van der Waals surface area (Å²) in [6.07, 6.45) is 0.0542. The summed E-state index contributed by atoms with van der Waals surface area (Å²) in [7, 11) is 0. The average molecular weight is 399 g/mol. The van der Waals surface area contributed by atoms with Gasteiger partial charge in [0.15, 0.2) is 18.2 Å². The zero-order valence-corrected chi connectivity index (χ0v) is 15.9. The van der Waals surface area contributed by atoms with Gasteiger partial charge >= 0.3 is 5.97 Å². The molecule has 0 bridgehead atoms. The maximum absolute atomic E-state index is 12.9. The molecule has 0 saturated carbocycles. The van der Waals surface area contributed by atoms with Gasteiger partial charge in [-0.25, -0.2) is 0 Å². The first-order valence-corrected chi connectivity index (χ1v) is 9.35. The third-order valence-electron chi connectivity index (χ3n) is 4.78. The quantitative estimate of drug-likeness (QED) is 0.521. The molecule has 0 spiro atoms. The number of esters is 1. The Morgan fingerprint density at radius 1 is 0.733 bits per heavy atom. The fourth-order valence-electron chi connectivity index (χ4n) is 3.40. The lowest BCUT2D eigenvalue weighted by Crippen LogP contribution is -2.26. The van der Waals surface area contributed by atoms with Gasteiger partial charge in [-0.15, -0.1) is 0 Å². The van der Waals surface area contributed by atoms with E-state index in [1.54, 1.807) is 54.6 Å². The molecule has 6 heteroatoms. The van der Waals surface area contributed by atoms with E-state index in [4.69, 9.17) is 4.74 Å². The fourth-order valence-corrected chi connectivity index (χ4v) is 3.40. The van der Waals surface area contributed by atoms with Gasteiger partial charge in [-0.3, -0.25) is 19.2 Å². The summed E-state index contributed by atoms with van der Waals surface area (Å²) >= 11 is 0. The molecule has 1 aliphatic carbocycles. The van der Waals surface area contributed by atoms with Crippen LogP contribution in [0.2, 0.25) is 0 Å². The Labute approximate surface area is 172 Å². The first-order valence-electron chi connectivity index (χ1n) is 9.35. The molecule has 0 atom stereocenters. The molecule has 3 aromatic carbocycles. The highest BCUT2D eigenvalue weighted by Crippen LogP contribution is 2.31. The minimum atomic E-state index is -0.594. The summed E-state index contributed by atoms with van der Waals surface area (Å²) < 4.78 is 5.03. The monoisotopic (exact) mass is 399 g/mol. The molecule has 0 heterocycles. The summed E-state index contributed by atoms with van der Waals surface area (Å²) in [6.45, 7) is -0.492. The van der Waals surface area contributed by atoms with Crippen LogP contribution in [0.15, 0.2) is 72.8 Å². The summed E-state index contributed by atoms with van der Waals surface area (Å²) in [5, 5.41) is 2.58. The van der Waals surface area contributed by atoms with Gasteiger partial charge in [-0.2, -0.15) is 0 Å². The van der Waals surface area contributed by atoms with Gasteiger partial charge in [0.05, 0.1) is 17.7 Å². The number of carbonyl (C=O) groups is 4. The van der Waals surface area contributed by atoms with Crippen LogP contribution in [-0.2, 0) is 20.7 Å². The smallest absolute Gasteiger partial charge is 0.310 e. The molecule has 6 nitrogen and oxygen atoms in total. The highest BCUT2D eigenvalue weighted by Gasteiger charge is 2.31. The maximum Gasteiger partial charge on any atom is 0.310 e. The largest absolute Gasteiger partial charge is 0.455 e. The van der Waals surface area contributed by atoms with Crippen LogP contribution in [0.25, 0.3) is 0 Å². The highest BCUT2D eigenvalue weighted by molar-refractivity contribution is 6.30. The third kappa shape index (κ3) is 3.75. The third-order valence-corrected chi connectivity index (χ3v) is 4.78. The van der Waals surface area contributed by atoms with Crippen molar-refractivity contribution in [1.29, 1.82) is 0 Å². The lowest BCUT2D eigenvalue weighted by Gasteiger charge is -2.20. The molecule has 1 N–H and O–H groups in total. The molecule has 1 amide bonds. The number of nitrogens with one attached hydrogen (secondary N) is 1. The Morgan fingerprint density at radius 3 is 2.10 bits per heavy atom. The van der Waals surface area contributed by atoms with Crippen molar-refractivity contribution in [3.63, 3.8) is 0 Å². The summed E-state index contributed by atoms with van der Waals surface area (Å²) in [5.74, 6) is -1.74. The van der Waals surface area contributed by atoms with Gasteiger partial charge in [0.25, 0.3) is 5.91 Å². The lowest BCUT2D eigenvalue weighted by molar-refractivity contribution is -0.146. The maximum atomic E-state index is 12.9. The molecular formula is C24H17NO5. The van der Waals surface area contributed by atoms with Crippen molar-refractivity contribution >= 4 is 29.1 Å². The minimum absolute atomic E-state index is 0.0542. The number of fused-ring (bicyclic) bond motifs is 2. The number of ketones is 2. The Balaban J connectivity index is 1.47. The number of ether oxygens (including phenoxy) is 1. The predicted molar refractivity (Wildman–Crippen MR) is 109 cm³/mol. The number of carbonyl (C=O) groups excluding carboxylic acids is 4. The Bertz CT molecular complexity index is 1170. The molecule has 0 radical (unpaired) electrons. The topological polar surface area (TPSA) is 89.5 Å². The van der Waals surface area contributed by atoms with Crippen LogP contribution < -0.4 is 5.32 Å². The van der Waals surface area contributed by atoms with E-state index in [2.05, 4.69) is 5.32 Å². The van der Waals surface area contributed by atoms with Crippen LogP contribution in [0.4, 0.5) is 5.69 Å². The second kappa shape index (κ2) is 8.13. The van der Waals surface area contributed by atoms with Crippen molar-refractivity contribution in [2.45, 2.75) is 6.42 Å². The van der Waals surface area contributed by atoms with Crippen molar-refractivity contribution < 1.29 is 23.9 Å². The molecule has 30 heavy (non-hydrogen) atoms. The molecule has 0 saturated heterocycles. The molecule has 0 fully saturated rings. The van der Waals surface area contributed by atoms with E-state index < -0.39 is 18.5 Å². The standard InChI is InChI=1S/C24H17NO5/c26-20(14-30-21(27)13-15-7-2-1-3-8-15)25-19-12-6-11-18-22(19)24(29)17-10-5-4-9-16(17)23(18)28/h1-12H,13-14H2,(H,25,26). The molecule has 0 aliphatic heterocycles. The van der Waals surface area contributed by atoms with Crippen LogP contribution in [-0.4, -0.2) is 30.0 Å². The van der Waals surface area contributed by atoms with Gasteiger partial charge < -0.3 is 10.1 Å². The normalized spacial score (nSPS) is 12.0. The first kappa shape index (κ1) is 19.3. The number of rotatable bonds is 5. The van der Waals surface area contributed by atoms with Gasteiger partial charge in [0.1, 0.15) is 0 Å². The Morgan fingerprint density at radius 2 is 1.37 bits per heavy atom. The SMILES string of the molecule is O=C(COC(=O)Cc1ccccc1)Nc1cccc2c1C(=O)c1ccccc1C2=O. The molecule has 0 unspecified atom stereocenters. The van der Waals surface area contributed by atoms with Crippen molar-refractivity contribution in [3.05, 3.63) is 101 Å². The van der Waals surface area contributed by atoms with E-state index in [1.165, 1.54) is 0 Å². The van der Waals surface area contributed by atoms with E-state index in [9.17, 15) is 19.2 Å². The average Bonchev–Trinajstić information content (AvgIpc) is 2.77. The zero-order chi connectivity index (χ0) is 21.1. The highest BCUT2D eigenvalue weighted by atomic mass is 16.5. The molecule has 148 valence electrons. The summed E-state index contributed by atoms with van der Waals surface area (Å²) in [4.78, 5) is 49.9. The fraction of sp³-hybridized carbons (Fsp3) is 0.0833. The lowest BCUT2D eigenvalue weighted by atomic mass is 9.83. The predicted octanol–water partition coefficient (Wildman–Crippen LogP) is 3.19. The van der Waals surface area contributed by atoms with Crippen LogP contribution >= 0.6 is 0 Å². The number of hydrogen-bond acceptors (Lipinski definition) is 5.